The summed E-state index contributed by atoms with van der Waals surface area (Å²) in [5, 5.41) is 13.0. The summed E-state index contributed by atoms with van der Waals surface area (Å²) in [6, 6.07) is 8.86. The number of aliphatic hydroxyl groups is 1. The van der Waals surface area contributed by atoms with Crippen LogP contribution in [-0.4, -0.2) is 31.4 Å². The van der Waals surface area contributed by atoms with Gasteiger partial charge in [-0.25, -0.2) is 0 Å². The molecule has 0 spiro atoms. The van der Waals surface area contributed by atoms with E-state index < -0.39 is 0 Å². The molecule has 0 heterocycles. The lowest BCUT2D eigenvalue weighted by atomic mass is 9.96. The molecule has 0 bridgehead atoms. The summed E-state index contributed by atoms with van der Waals surface area (Å²) in [6.45, 7) is 3.66. The van der Waals surface area contributed by atoms with E-state index in [9.17, 15) is 5.11 Å². The standard InChI is InChI=1S/C18H29NO2/c1-14(19-12-16-4-3-5-17(16)13-20)6-7-15-8-10-18(21-2)11-9-15/h8-11,14,16-17,19-20H,3-7,12-13H2,1-2H3. The van der Waals surface area contributed by atoms with Crippen LogP contribution in [0.5, 0.6) is 5.75 Å². The van der Waals surface area contributed by atoms with Crippen molar-refractivity contribution in [2.24, 2.45) is 11.8 Å². The maximum Gasteiger partial charge on any atom is 0.118 e. The number of aryl methyl sites for hydroxylation is 1. The van der Waals surface area contributed by atoms with E-state index in [0.717, 1.165) is 25.1 Å². The van der Waals surface area contributed by atoms with Gasteiger partial charge < -0.3 is 15.2 Å². The Morgan fingerprint density at radius 1 is 1.24 bits per heavy atom. The molecule has 0 amide bonds. The van der Waals surface area contributed by atoms with Crippen LogP contribution < -0.4 is 10.1 Å². The summed E-state index contributed by atoms with van der Waals surface area (Å²) in [5.41, 5.74) is 1.36. The number of rotatable bonds is 8. The normalized spacial score (nSPS) is 23.2. The molecular weight excluding hydrogens is 262 g/mol. The van der Waals surface area contributed by atoms with Crippen molar-refractivity contribution in [1.82, 2.24) is 5.32 Å². The van der Waals surface area contributed by atoms with Crippen molar-refractivity contribution >= 4 is 0 Å². The molecule has 0 aromatic heterocycles. The van der Waals surface area contributed by atoms with E-state index in [1.807, 2.05) is 12.1 Å². The first-order valence-electron chi connectivity index (χ1n) is 8.20. The molecule has 0 radical (unpaired) electrons. The van der Waals surface area contributed by atoms with Crippen molar-refractivity contribution < 1.29 is 9.84 Å². The minimum atomic E-state index is 0.354. The monoisotopic (exact) mass is 291 g/mol. The third-order valence-electron chi connectivity index (χ3n) is 4.80. The fourth-order valence-electron chi connectivity index (χ4n) is 3.25. The maximum atomic E-state index is 9.36. The van der Waals surface area contributed by atoms with Gasteiger partial charge in [-0.15, -0.1) is 0 Å². The molecular formula is C18H29NO2. The average Bonchev–Trinajstić information content (AvgIpc) is 2.99. The largest absolute Gasteiger partial charge is 0.497 e. The molecule has 3 unspecified atom stereocenters. The molecule has 1 aromatic carbocycles. The second-order valence-corrected chi connectivity index (χ2v) is 6.33. The number of aliphatic hydroxyl groups excluding tert-OH is 1. The van der Waals surface area contributed by atoms with Gasteiger partial charge in [0.25, 0.3) is 0 Å². The van der Waals surface area contributed by atoms with Crippen LogP contribution in [0.3, 0.4) is 0 Å². The zero-order valence-corrected chi connectivity index (χ0v) is 13.3. The van der Waals surface area contributed by atoms with Gasteiger partial charge in [0.1, 0.15) is 5.75 Å². The number of methoxy groups -OCH3 is 1. The highest BCUT2D eigenvalue weighted by Gasteiger charge is 2.26. The minimum absolute atomic E-state index is 0.354. The van der Waals surface area contributed by atoms with Crippen LogP contribution in [0.1, 0.15) is 38.2 Å². The Hall–Kier alpha value is -1.06. The summed E-state index contributed by atoms with van der Waals surface area (Å²) < 4.78 is 5.18. The highest BCUT2D eigenvalue weighted by Crippen LogP contribution is 2.30. The number of hydrogen-bond acceptors (Lipinski definition) is 3. The van der Waals surface area contributed by atoms with Gasteiger partial charge in [0.05, 0.1) is 7.11 Å². The van der Waals surface area contributed by atoms with Crippen LogP contribution in [0.25, 0.3) is 0 Å². The van der Waals surface area contributed by atoms with Crippen LogP contribution in [0, 0.1) is 11.8 Å². The molecule has 2 N–H and O–H groups in total. The summed E-state index contributed by atoms with van der Waals surface area (Å²) >= 11 is 0. The lowest BCUT2D eigenvalue weighted by molar-refractivity contribution is 0.190. The van der Waals surface area contributed by atoms with Gasteiger partial charge in [-0.3, -0.25) is 0 Å². The molecule has 1 fully saturated rings. The average molecular weight is 291 g/mol. The highest BCUT2D eigenvalue weighted by atomic mass is 16.5. The Labute approximate surface area is 128 Å². The fraction of sp³-hybridized carbons (Fsp3) is 0.667. The van der Waals surface area contributed by atoms with Crippen LogP contribution in [0.2, 0.25) is 0 Å². The van der Waals surface area contributed by atoms with Crippen LogP contribution >= 0.6 is 0 Å². The summed E-state index contributed by atoms with van der Waals surface area (Å²) in [4.78, 5) is 0. The zero-order valence-electron chi connectivity index (χ0n) is 13.3. The van der Waals surface area contributed by atoms with Crippen molar-refractivity contribution in [3.05, 3.63) is 29.8 Å². The Morgan fingerprint density at radius 2 is 1.95 bits per heavy atom. The molecule has 3 nitrogen and oxygen atoms in total. The second kappa shape index (κ2) is 8.40. The van der Waals surface area contributed by atoms with Crippen molar-refractivity contribution in [1.29, 1.82) is 0 Å². The van der Waals surface area contributed by atoms with Crippen molar-refractivity contribution in [3.8, 4) is 5.75 Å². The lowest BCUT2D eigenvalue weighted by Crippen LogP contribution is -2.33. The molecule has 1 aliphatic carbocycles. The van der Waals surface area contributed by atoms with Gasteiger partial charge in [-0.1, -0.05) is 18.6 Å². The van der Waals surface area contributed by atoms with Crippen molar-refractivity contribution in [2.75, 3.05) is 20.3 Å². The molecule has 2 rings (SSSR count). The fourth-order valence-corrected chi connectivity index (χ4v) is 3.25. The molecule has 21 heavy (non-hydrogen) atoms. The van der Waals surface area contributed by atoms with E-state index in [4.69, 9.17) is 4.74 Å². The predicted octanol–water partition coefficient (Wildman–Crippen LogP) is 3.01. The highest BCUT2D eigenvalue weighted by molar-refractivity contribution is 5.27. The van der Waals surface area contributed by atoms with Crippen molar-refractivity contribution in [2.45, 2.75) is 45.1 Å². The summed E-state index contributed by atoms with van der Waals surface area (Å²) in [7, 11) is 1.70. The van der Waals surface area contributed by atoms with E-state index in [-0.39, 0.29) is 0 Å². The van der Waals surface area contributed by atoms with Gasteiger partial charge in [0, 0.05) is 12.6 Å². The second-order valence-electron chi connectivity index (χ2n) is 6.33. The van der Waals surface area contributed by atoms with Crippen LogP contribution in [0.4, 0.5) is 0 Å². The van der Waals surface area contributed by atoms with Gasteiger partial charge in [-0.05, 0) is 68.7 Å². The van der Waals surface area contributed by atoms with Gasteiger partial charge in [-0.2, -0.15) is 0 Å². The Kier molecular flexibility index (Phi) is 6.52. The van der Waals surface area contributed by atoms with E-state index >= 15 is 0 Å². The molecule has 0 saturated heterocycles. The van der Waals surface area contributed by atoms with E-state index in [1.165, 1.54) is 24.8 Å². The zero-order chi connectivity index (χ0) is 15.1. The molecule has 1 saturated carbocycles. The lowest BCUT2D eigenvalue weighted by Gasteiger charge is -2.21. The predicted molar refractivity (Wildman–Crippen MR) is 86.7 cm³/mol. The molecule has 3 atom stereocenters. The Morgan fingerprint density at radius 3 is 2.62 bits per heavy atom. The molecule has 0 aliphatic heterocycles. The van der Waals surface area contributed by atoms with E-state index in [1.54, 1.807) is 7.11 Å². The maximum absolute atomic E-state index is 9.36. The van der Waals surface area contributed by atoms with Gasteiger partial charge in [0.2, 0.25) is 0 Å². The molecule has 118 valence electrons. The summed E-state index contributed by atoms with van der Waals surface area (Å²) in [5.74, 6) is 2.10. The first-order chi connectivity index (χ1) is 10.2. The minimum Gasteiger partial charge on any atom is -0.497 e. The van der Waals surface area contributed by atoms with Gasteiger partial charge >= 0.3 is 0 Å². The molecule has 1 aliphatic rings. The topological polar surface area (TPSA) is 41.5 Å². The number of nitrogens with one attached hydrogen (secondary N) is 1. The Bertz CT molecular complexity index is 404. The summed E-state index contributed by atoms with van der Waals surface area (Å²) in [6.07, 6.45) is 5.97. The van der Waals surface area contributed by atoms with Crippen LogP contribution in [0.15, 0.2) is 24.3 Å². The van der Waals surface area contributed by atoms with E-state index in [0.29, 0.717) is 24.5 Å². The third-order valence-corrected chi connectivity index (χ3v) is 4.80. The van der Waals surface area contributed by atoms with Crippen LogP contribution in [-0.2, 0) is 6.42 Å². The van der Waals surface area contributed by atoms with E-state index in [2.05, 4.69) is 24.4 Å². The van der Waals surface area contributed by atoms with Crippen molar-refractivity contribution in [3.63, 3.8) is 0 Å². The Balaban J connectivity index is 1.68. The quantitative estimate of drug-likeness (QED) is 0.773. The number of benzene rings is 1. The SMILES string of the molecule is COc1ccc(CCC(C)NCC2CCCC2CO)cc1. The first-order valence-corrected chi connectivity index (χ1v) is 8.20. The molecule has 1 aromatic rings. The smallest absolute Gasteiger partial charge is 0.118 e. The first kappa shape index (κ1) is 16.3. The molecule has 3 heteroatoms. The number of hydrogen-bond donors (Lipinski definition) is 2. The van der Waals surface area contributed by atoms with Gasteiger partial charge in [0.15, 0.2) is 0 Å². The third kappa shape index (κ3) is 5.01. The number of ether oxygens (including phenoxy) is 1.